The van der Waals surface area contributed by atoms with Crippen molar-refractivity contribution in [3.05, 3.63) is 65.7 Å². The fourth-order valence-corrected chi connectivity index (χ4v) is 3.74. The van der Waals surface area contributed by atoms with E-state index in [1.807, 2.05) is 52.3 Å². The Morgan fingerprint density at radius 1 is 0.893 bits per heavy atom. The number of methoxy groups -OCH3 is 1. The van der Waals surface area contributed by atoms with Gasteiger partial charge in [-0.25, -0.2) is 0 Å². The molecule has 2 amide bonds. The Morgan fingerprint density at radius 3 is 2.14 bits per heavy atom. The van der Waals surface area contributed by atoms with Gasteiger partial charge in [-0.05, 0) is 29.7 Å². The summed E-state index contributed by atoms with van der Waals surface area (Å²) in [4.78, 5) is 28.5. The van der Waals surface area contributed by atoms with Crippen molar-refractivity contribution in [2.75, 3.05) is 33.3 Å². The molecule has 2 aromatic rings. The fourth-order valence-electron chi connectivity index (χ4n) is 3.74. The number of benzene rings is 2. The number of nitrogens with zero attached hydrogens (tertiary/aromatic N) is 2. The average Bonchev–Trinajstić information content (AvgIpc) is 2.99. The quantitative estimate of drug-likeness (QED) is 0.800. The van der Waals surface area contributed by atoms with Crippen LogP contribution in [0.25, 0.3) is 0 Å². The molecule has 28 heavy (non-hydrogen) atoms. The highest BCUT2D eigenvalue weighted by Gasteiger charge is 2.24. The van der Waals surface area contributed by atoms with Crippen molar-refractivity contribution < 1.29 is 14.3 Å². The second-order valence-electron chi connectivity index (χ2n) is 7.18. The molecule has 0 radical (unpaired) electrons. The Balaban J connectivity index is 1.77. The summed E-state index contributed by atoms with van der Waals surface area (Å²) >= 11 is 0. The predicted molar refractivity (Wildman–Crippen MR) is 109 cm³/mol. The molecule has 1 heterocycles. The number of carbonyl (C=O) groups is 2. The maximum Gasteiger partial charge on any atom is 0.223 e. The van der Waals surface area contributed by atoms with Crippen molar-refractivity contribution in [2.45, 2.75) is 25.7 Å². The van der Waals surface area contributed by atoms with Crippen molar-refractivity contribution >= 4 is 11.8 Å². The van der Waals surface area contributed by atoms with E-state index in [1.165, 1.54) is 0 Å². The summed E-state index contributed by atoms with van der Waals surface area (Å²) in [5, 5.41) is 0. The molecule has 0 spiro atoms. The van der Waals surface area contributed by atoms with E-state index in [1.54, 1.807) is 14.0 Å². The van der Waals surface area contributed by atoms with Gasteiger partial charge in [-0.15, -0.1) is 0 Å². The minimum absolute atomic E-state index is 0.00762. The number of hydrogen-bond acceptors (Lipinski definition) is 3. The van der Waals surface area contributed by atoms with Crippen molar-refractivity contribution in [1.82, 2.24) is 9.80 Å². The van der Waals surface area contributed by atoms with Crippen LogP contribution in [0.5, 0.6) is 5.75 Å². The molecular formula is C23H28N2O3. The normalized spacial score (nSPS) is 15.6. The van der Waals surface area contributed by atoms with Gasteiger partial charge in [-0.2, -0.15) is 0 Å². The molecular weight excluding hydrogens is 352 g/mol. The fraction of sp³-hybridized carbons (Fsp3) is 0.391. The smallest absolute Gasteiger partial charge is 0.223 e. The molecule has 5 heteroatoms. The summed E-state index contributed by atoms with van der Waals surface area (Å²) in [6, 6.07) is 18.1. The molecule has 0 bridgehead atoms. The van der Waals surface area contributed by atoms with E-state index >= 15 is 0 Å². The molecule has 1 aliphatic heterocycles. The van der Waals surface area contributed by atoms with Gasteiger partial charge in [0.1, 0.15) is 5.75 Å². The van der Waals surface area contributed by atoms with E-state index in [2.05, 4.69) is 12.1 Å². The molecule has 0 saturated carbocycles. The van der Waals surface area contributed by atoms with Gasteiger partial charge in [0.25, 0.3) is 0 Å². The molecule has 0 unspecified atom stereocenters. The van der Waals surface area contributed by atoms with E-state index in [-0.39, 0.29) is 17.7 Å². The maximum absolute atomic E-state index is 13.1. The molecule has 0 aliphatic carbocycles. The first-order valence-electron chi connectivity index (χ1n) is 9.80. The van der Waals surface area contributed by atoms with Crippen LogP contribution in [0.2, 0.25) is 0 Å². The second-order valence-corrected chi connectivity index (χ2v) is 7.18. The van der Waals surface area contributed by atoms with Crippen LogP contribution in [-0.2, 0) is 9.59 Å². The van der Waals surface area contributed by atoms with Crippen LogP contribution in [0.1, 0.15) is 36.8 Å². The van der Waals surface area contributed by atoms with Gasteiger partial charge in [-0.1, -0.05) is 42.5 Å². The first-order chi connectivity index (χ1) is 13.6. The Hall–Kier alpha value is -2.82. The zero-order valence-corrected chi connectivity index (χ0v) is 16.6. The highest BCUT2D eigenvalue weighted by atomic mass is 16.5. The molecule has 2 aromatic carbocycles. The third-order valence-electron chi connectivity index (χ3n) is 5.39. The lowest BCUT2D eigenvalue weighted by Gasteiger charge is -2.25. The lowest BCUT2D eigenvalue weighted by Crippen LogP contribution is -2.37. The third kappa shape index (κ3) is 4.91. The van der Waals surface area contributed by atoms with Crippen molar-refractivity contribution in [3.63, 3.8) is 0 Å². The van der Waals surface area contributed by atoms with Gasteiger partial charge in [-0.3, -0.25) is 9.59 Å². The van der Waals surface area contributed by atoms with Crippen LogP contribution in [0.4, 0.5) is 0 Å². The van der Waals surface area contributed by atoms with Gasteiger partial charge >= 0.3 is 0 Å². The van der Waals surface area contributed by atoms with Gasteiger partial charge < -0.3 is 14.5 Å². The molecule has 0 aromatic heterocycles. The molecule has 0 N–H and O–H groups in total. The van der Waals surface area contributed by atoms with Gasteiger partial charge in [0, 0.05) is 45.4 Å². The van der Waals surface area contributed by atoms with E-state index in [0.717, 1.165) is 29.8 Å². The molecule has 1 saturated heterocycles. The Kier molecular flexibility index (Phi) is 6.69. The number of carbonyl (C=O) groups excluding carboxylic acids is 2. The Bertz CT molecular complexity index is 789. The standard InChI is InChI=1S/C23H28N2O3/c1-18(26)24-13-6-14-25(16-15-24)23(27)17-22(19-7-4-3-5-8-19)20-9-11-21(28-2)12-10-20/h3-5,7-12,22H,6,13-17H2,1-2H3/t22-/m0/s1. The average molecular weight is 380 g/mol. The molecule has 5 nitrogen and oxygen atoms in total. The minimum Gasteiger partial charge on any atom is -0.497 e. The van der Waals surface area contributed by atoms with Crippen molar-refractivity contribution in [2.24, 2.45) is 0 Å². The van der Waals surface area contributed by atoms with Crippen molar-refractivity contribution in [3.8, 4) is 5.75 Å². The Morgan fingerprint density at radius 2 is 1.50 bits per heavy atom. The molecule has 148 valence electrons. The lowest BCUT2D eigenvalue weighted by molar-refractivity contribution is -0.132. The van der Waals surface area contributed by atoms with E-state index in [0.29, 0.717) is 26.1 Å². The molecule has 3 rings (SSSR count). The van der Waals surface area contributed by atoms with Crippen LogP contribution < -0.4 is 4.74 Å². The SMILES string of the molecule is COc1ccc([C@@H](CC(=O)N2CCCN(C(C)=O)CC2)c2ccccc2)cc1. The zero-order valence-electron chi connectivity index (χ0n) is 16.6. The summed E-state index contributed by atoms with van der Waals surface area (Å²) in [6.07, 6.45) is 1.24. The van der Waals surface area contributed by atoms with Crippen LogP contribution in [0.3, 0.4) is 0 Å². The molecule has 1 fully saturated rings. The predicted octanol–water partition coefficient (Wildman–Crippen LogP) is 3.30. The number of ether oxygens (including phenoxy) is 1. The molecule has 1 aliphatic rings. The van der Waals surface area contributed by atoms with Crippen LogP contribution in [0.15, 0.2) is 54.6 Å². The van der Waals surface area contributed by atoms with Crippen molar-refractivity contribution in [1.29, 1.82) is 0 Å². The summed E-state index contributed by atoms with van der Waals surface area (Å²) in [6.45, 7) is 4.22. The first kappa shape index (κ1) is 19.9. The topological polar surface area (TPSA) is 49.9 Å². The summed E-state index contributed by atoms with van der Waals surface area (Å²) in [7, 11) is 1.65. The largest absolute Gasteiger partial charge is 0.497 e. The number of rotatable bonds is 5. The summed E-state index contributed by atoms with van der Waals surface area (Å²) in [5.74, 6) is 1.01. The monoisotopic (exact) mass is 380 g/mol. The number of hydrogen-bond donors (Lipinski definition) is 0. The minimum atomic E-state index is -0.00762. The highest BCUT2D eigenvalue weighted by Crippen LogP contribution is 2.30. The summed E-state index contributed by atoms with van der Waals surface area (Å²) in [5.41, 5.74) is 2.22. The van der Waals surface area contributed by atoms with E-state index in [9.17, 15) is 9.59 Å². The lowest BCUT2D eigenvalue weighted by atomic mass is 9.88. The van der Waals surface area contributed by atoms with Crippen LogP contribution >= 0.6 is 0 Å². The third-order valence-corrected chi connectivity index (χ3v) is 5.39. The van der Waals surface area contributed by atoms with Crippen LogP contribution in [0, 0.1) is 0 Å². The van der Waals surface area contributed by atoms with E-state index in [4.69, 9.17) is 4.74 Å². The maximum atomic E-state index is 13.1. The Labute approximate surface area is 166 Å². The summed E-state index contributed by atoms with van der Waals surface area (Å²) < 4.78 is 5.27. The number of amides is 2. The molecule has 1 atom stereocenters. The van der Waals surface area contributed by atoms with Gasteiger partial charge in [0.05, 0.1) is 7.11 Å². The van der Waals surface area contributed by atoms with Gasteiger partial charge in [0.15, 0.2) is 0 Å². The van der Waals surface area contributed by atoms with Crippen LogP contribution in [-0.4, -0.2) is 54.9 Å². The zero-order chi connectivity index (χ0) is 19.9. The second kappa shape index (κ2) is 9.40. The van der Waals surface area contributed by atoms with E-state index < -0.39 is 0 Å². The first-order valence-corrected chi connectivity index (χ1v) is 9.80. The van der Waals surface area contributed by atoms with Gasteiger partial charge in [0.2, 0.25) is 11.8 Å². The highest BCUT2D eigenvalue weighted by molar-refractivity contribution is 5.78.